The summed E-state index contributed by atoms with van der Waals surface area (Å²) in [7, 11) is 3.62. The summed E-state index contributed by atoms with van der Waals surface area (Å²) in [5.74, 6) is 11.7. The van der Waals surface area contributed by atoms with Crippen molar-refractivity contribution in [3.05, 3.63) is 59.7 Å². The lowest BCUT2D eigenvalue weighted by Gasteiger charge is -2.38. The molecule has 2 aromatic carbocycles. The van der Waals surface area contributed by atoms with Crippen molar-refractivity contribution in [1.29, 1.82) is 0 Å². The molecule has 2 heteroatoms. The fourth-order valence-corrected chi connectivity index (χ4v) is 11.6. The Morgan fingerprint density at radius 1 is 0.618 bits per heavy atom. The van der Waals surface area contributed by atoms with Crippen molar-refractivity contribution >= 4 is 0 Å². The lowest BCUT2D eigenvalue weighted by molar-refractivity contribution is 0.102. The monoisotopic (exact) mass is 450 g/mol. The molecule has 0 heterocycles. The van der Waals surface area contributed by atoms with E-state index >= 15 is 0 Å². The second-order valence-electron chi connectivity index (χ2n) is 12.9. The minimum atomic E-state index is 0.145. The van der Waals surface area contributed by atoms with E-state index in [1.54, 1.807) is 12.8 Å². The predicted octanol–water partition coefficient (Wildman–Crippen LogP) is 6.72. The van der Waals surface area contributed by atoms with Crippen LogP contribution in [0.2, 0.25) is 0 Å². The van der Waals surface area contributed by atoms with Crippen LogP contribution in [0.5, 0.6) is 11.5 Å². The number of allylic oxidation sites excluding steroid dienone is 2. The molecule has 10 atom stereocenters. The summed E-state index contributed by atoms with van der Waals surface area (Å²) in [5, 5.41) is 0. The van der Waals surface area contributed by atoms with Gasteiger partial charge in [0, 0.05) is 5.41 Å². The molecule has 10 unspecified atom stereocenters. The van der Waals surface area contributed by atoms with Crippen LogP contribution < -0.4 is 9.47 Å². The highest BCUT2D eigenvalue weighted by Gasteiger charge is 2.70. The third-order valence-electron chi connectivity index (χ3n) is 12.4. The summed E-state index contributed by atoms with van der Waals surface area (Å²) in [4.78, 5) is 0. The molecule has 9 rings (SSSR count). The van der Waals surface area contributed by atoms with Crippen LogP contribution in [0.15, 0.2) is 48.6 Å². The second kappa shape index (κ2) is 6.12. The maximum absolute atomic E-state index is 5.74. The number of benzene rings is 2. The van der Waals surface area contributed by atoms with Gasteiger partial charge in [-0.2, -0.15) is 0 Å². The molecule has 5 fully saturated rings. The van der Waals surface area contributed by atoms with Crippen molar-refractivity contribution in [3.63, 3.8) is 0 Å². The fraction of sp³-hybridized carbons (Fsp3) is 0.562. The first-order chi connectivity index (χ1) is 16.7. The molecule has 0 aliphatic heterocycles. The van der Waals surface area contributed by atoms with Crippen molar-refractivity contribution in [3.8, 4) is 22.6 Å². The third-order valence-corrected chi connectivity index (χ3v) is 12.4. The van der Waals surface area contributed by atoms with E-state index in [9.17, 15) is 0 Å². The summed E-state index contributed by atoms with van der Waals surface area (Å²) in [5.41, 5.74) is 6.09. The minimum Gasteiger partial charge on any atom is -0.497 e. The van der Waals surface area contributed by atoms with Crippen molar-refractivity contribution in [2.75, 3.05) is 14.2 Å². The van der Waals surface area contributed by atoms with Crippen molar-refractivity contribution in [1.82, 2.24) is 0 Å². The molecule has 0 radical (unpaired) electrons. The first kappa shape index (κ1) is 19.0. The van der Waals surface area contributed by atoms with Gasteiger partial charge in [0.15, 0.2) is 0 Å². The van der Waals surface area contributed by atoms with E-state index in [1.807, 2.05) is 14.2 Å². The van der Waals surface area contributed by atoms with Gasteiger partial charge < -0.3 is 9.47 Å². The largest absolute Gasteiger partial charge is 0.497 e. The molecule has 4 bridgehead atoms. The van der Waals surface area contributed by atoms with E-state index in [4.69, 9.17) is 9.47 Å². The molecule has 2 aromatic rings. The Morgan fingerprint density at radius 2 is 1.21 bits per heavy atom. The summed E-state index contributed by atoms with van der Waals surface area (Å²) < 4.78 is 11.5. The quantitative estimate of drug-likeness (QED) is 0.473. The van der Waals surface area contributed by atoms with E-state index in [2.05, 4.69) is 48.6 Å². The Balaban J connectivity index is 1.16. The van der Waals surface area contributed by atoms with Gasteiger partial charge in [-0.25, -0.2) is 0 Å². The standard InChI is InChI=1S/C32H34O2/c1-33-18-5-7-20-21-8-6-19(34-2)11-29(21)32(28(20)10-18)14-26-23-13-25(27(26)15-32)31-24(23)12-22-16-3-4-17(9-16)30(22)31/h3-8,10-11,16-17,22-27,30-31H,9,12-15H2,1-2H3. The Bertz CT molecular complexity index is 1200. The number of methoxy groups -OCH3 is 2. The third kappa shape index (κ3) is 2.01. The fourth-order valence-electron chi connectivity index (χ4n) is 11.6. The van der Waals surface area contributed by atoms with Gasteiger partial charge in [-0.15, -0.1) is 0 Å². The molecule has 5 saturated carbocycles. The van der Waals surface area contributed by atoms with Crippen LogP contribution in [-0.2, 0) is 5.41 Å². The summed E-state index contributed by atoms with van der Waals surface area (Å²) >= 11 is 0. The molecule has 0 saturated heterocycles. The molecule has 1 spiro atoms. The van der Waals surface area contributed by atoms with Gasteiger partial charge >= 0.3 is 0 Å². The zero-order valence-corrected chi connectivity index (χ0v) is 20.2. The first-order valence-corrected chi connectivity index (χ1v) is 13.8. The molecule has 0 amide bonds. The number of ether oxygens (including phenoxy) is 2. The summed E-state index contributed by atoms with van der Waals surface area (Å²) in [6, 6.07) is 13.7. The molecule has 2 nitrogen and oxygen atoms in total. The van der Waals surface area contributed by atoms with Gasteiger partial charge in [0.25, 0.3) is 0 Å². The molecule has 7 aliphatic carbocycles. The summed E-state index contributed by atoms with van der Waals surface area (Å²) in [6.45, 7) is 0. The highest BCUT2D eigenvalue weighted by molar-refractivity contribution is 5.82. The Labute approximate surface area is 202 Å². The van der Waals surface area contributed by atoms with E-state index < -0.39 is 0 Å². The van der Waals surface area contributed by atoms with Crippen LogP contribution in [0.4, 0.5) is 0 Å². The molecule has 7 aliphatic rings. The van der Waals surface area contributed by atoms with Crippen molar-refractivity contribution in [2.45, 2.75) is 37.5 Å². The van der Waals surface area contributed by atoms with Crippen LogP contribution in [-0.4, -0.2) is 14.2 Å². The maximum atomic E-state index is 5.74. The van der Waals surface area contributed by atoms with E-state index in [1.165, 1.54) is 41.5 Å². The maximum Gasteiger partial charge on any atom is 0.119 e. The van der Waals surface area contributed by atoms with Gasteiger partial charge in [-0.1, -0.05) is 24.3 Å². The smallest absolute Gasteiger partial charge is 0.119 e. The number of hydrogen-bond acceptors (Lipinski definition) is 2. The normalized spacial score (nSPS) is 44.3. The van der Waals surface area contributed by atoms with Gasteiger partial charge in [-0.3, -0.25) is 0 Å². The topological polar surface area (TPSA) is 18.5 Å². The van der Waals surface area contributed by atoms with Crippen molar-refractivity contribution in [2.24, 2.45) is 59.2 Å². The highest BCUT2D eigenvalue weighted by Crippen LogP contribution is 2.76. The zero-order chi connectivity index (χ0) is 22.3. The van der Waals surface area contributed by atoms with Gasteiger partial charge in [-0.05, 0) is 138 Å². The Hall–Kier alpha value is -2.22. The molecular formula is C32H34O2. The minimum absolute atomic E-state index is 0.145. The Morgan fingerprint density at radius 3 is 1.88 bits per heavy atom. The van der Waals surface area contributed by atoms with E-state index in [-0.39, 0.29) is 5.41 Å². The Kier molecular flexibility index (Phi) is 3.43. The molecule has 174 valence electrons. The second-order valence-corrected chi connectivity index (χ2v) is 12.9. The van der Waals surface area contributed by atoms with Crippen LogP contribution in [0.1, 0.15) is 43.2 Å². The van der Waals surface area contributed by atoms with Gasteiger partial charge in [0.05, 0.1) is 14.2 Å². The average Bonchev–Trinajstić information content (AvgIpc) is 3.69. The van der Waals surface area contributed by atoms with E-state index in [0.29, 0.717) is 0 Å². The molecule has 0 N–H and O–H groups in total. The van der Waals surface area contributed by atoms with Crippen LogP contribution in [0, 0.1) is 59.2 Å². The lowest BCUT2D eigenvalue weighted by atomic mass is 9.67. The van der Waals surface area contributed by atoms with Crippen molar-refractivity contribution < 1.29 is 9.47 Å². The van der Waals surface area contributed by atoms with Crippen LogP contribution in [0.25, 0.3) is 11.1 Å². The van der Waals surface area contributed by atoms with Crippen LogP contribution >= 0.6 is 0 Å². The SMILES string of the molecule is COc1ccc2c(c1)C1(CC3C(C1)C1CC3C3CC4C5C=CC(C5)C4C13)c1cc(OC)ccc1-2. The number of hydrogen-bond donors (Lipinski definition) is 0. The highest BCUT2D eigenvalue weighted by atomic mass is 16.5. The first-order valence-electron chi connectivity index (χ1n) is 13.8. The van der Waals surface area contributed by atoms with Gasteiger partial charge in [0.1, 0.15) is 11.5 Å². The number of rotatable bonds is 2. The predicted molar refractivity (Wildman–Crippen MR) is 133 cm³/mol. The van der Waals surface area contributed by atoms with Gasteiger partial charge in [0.2, 0.25) is 0 Å². The molecular weight excluding hydrogens is 416 g/mol. The van der Waals surface area contributed by atoms with Crippen LogP contribution in [0.3, 0.4) is 0 Å². The lowest BCUT2D eigenvalue weighted by Crippen LogP contribution is -2.33. The average molecular weight is 451 g/mol. The number of fused-ring (bicyclic) bond motifs is 19. The zero-order valence-electron chi connectivity index (χ0n) is 20.2. The molecule has 0 aromatic heterocycles. The summed E-state index contributed by atoms with van der Waals surface area (Å²) in [6.07, 6.45) is 12.5. The molecule has 34 heavy (non-hydrogen) atoms. The van der Waals surface area contributed by atoms with E-state index in [0.717, 1.165) is 70.7 Å².